The standard InChI is InChI=1S/C14H14ClN3O3/c15-14(21)18-3-1-8(2-4-18)13-9-5-11(19)12(20)6-10(9)16-7-17-13/h5-8,19-20H,1-4H2. The molecule has 0 saturated carbocycles. The molecular weight excluding hydrogens is 294 g/mol. The summed E-state index contributed by atoms with van der Waals surface area (Å²) in [5.41, 5.74) is 1.42. The first-order chi connectivity index (χ1) is 10.1. The van der Waals surface area contributed by atoms with Gasteiger partial charge in [0.05, 0.1) is 11.2 Å². The van der Waals surface area contributed by atoms with E-state index in [1.165, 1.54) is 18.5 Å². The average Bonchev–Trinajstić information content (AvgIpc) is 2.48. The molecule has 2 heterocycles. The van der Waals surface area contributed by atoms with Crippen LogP contribution in [0.3, 0.4) is 0 Å². The SMILES string of the molecule is O=C(Cl)N1CCC(c2ncnc3cc(O)c(O)cc23)CC1. The number of piperidine rings is 1. The van der Waals surface area contributed by atoms with Crippen molar-refractivity contribution in [2.24, 2.45) is 0 Å². The number of carbonyl (C=O) groups excluding carboxylic acids is 1. The minimum Gasteiger partial charge on any atom is -0.504 e. The summed E-state index contributed by atoms with van der Waals surface area (Å²) in [6, 6.07) is 2.91. The van der Waals surface area contributed by atoms with E-state index in [9.17, 15) is 15.0 Å². The molecule has 7 heteroatoms. The van der Waals surface area contributed by atoms with Crippen molar-refractivity contribution < 1.29 is 15.0 Å². The van der Waals surface area contributed by atoms with Crippen LogP contribution in [0.15, 0.2) is 18.5 Å². The van der Waals surface area contributed by atoms with Crippen LogP contribution in [0.25, 0.3) is 10.9 Å². The normalized spacial score (nSPS) is 16.3. The van der Waals surface area contributed by atoms with Gasteiger partial charge in [-0.3, -0.25) is 4.79 Å². The van der Waals surface area contributed by atoms with E-state index in [0.717, 1.165) is 23.9 Å². The smallest absolute Gasteiger partial charge is 0.316 e. The zero-order valence-electron chi connectivity index (χ0n) is 11.2. The fourth-order valence-corrected chi connectivity index (χ4v) is 2.92. The van der Waals surface area contributed by atoms with Gasteiger partial charge in [0, 0.05) is 30.5 Å². The van der Waals surface area contributed by atoms with Crippen molar-refractivity contribution in [1.82, 2.24) is 14.9 Å². The van der Waals surface area contributed by atoms with Crippen LogP contribution in [0.5, 0.6) is 11.5 Å². The van der Waals surface area contributed by atoms with E-state index in [4.69, 9.17) is 11.6 Å². The summed E-state index contributed by atoms with van der Waals surface area (Å²) in [6.45, 7) is 1.17. The maximum atomic E-state index is 11.1. The molecular formula is C14H14ClN3O3. The highest BCUT2D eigenvalue weighted by Crippen LogP contribution is 2.35. The Morgan fingerprint density at radius 1 is 1.19 bits per heavy atom. The van der Waals surface area contributed by atoms with E-state index in [-0.39, 0.29) is 17.4 Å². The number of benzene rings is 1. The first-order valence-electron chi connectivity index (χ1n) is 6.67. The van der Waals surface area contributed by atoms with Gasteiger partial charge in [0.2, 0.25) is 0 Å². The van der Waals surface area contributed by atoms with Crippen LogP contribution in [-0.2, 0) is 0 Å². The van der Waals surface area contributed by atoms with E-state index in [2.05, 4.69) is 9.97 Å². The lowest BCUT2D eigenvalue weighted by Crippen LogP contribution is -2.34. The monoisotopic (exact) mass is 307 g/mol. The quantitative estimate of drug-likeness (QED) is 0.480. The van der Waals surface area contributed by atoms with Gasteiger partial charge in [0.15, 0.2) is 11.5 Å². The molecule has 6 nitrogen and oxygen atoms in total. The summed E-state index contributed by atoms with van der Waals surface area (Å²) < 4.78 is 0. The van der Waals surface area contributed by atoms with E-state index in [0.29, 0.717) is 18.6 Å². The topological polar surface area (TPSA) is 86.6 Å². The molecule has 0 unspecified atom stereocenters. The van der Waals surface area contributed by atoms with Gasteiger partial charge >= 0.3 is 5.37 Å². The van der Waals surface area contributed by atoms with Gasteiger partial charge in [-0.25, -0.2) is 9.97 Å². The molecule has 0 aliphatic carbocycles. The highest BCUT2D eigenvalue weighted by Gasteiger charge is 2.25. The Balaban J connectivity index is 1.94. The second-order valence-electron chi connectivity index (χ2n) is 5.13. The number of rotatable bonds is 1. The summed E-state index contributed by atoms with van der Waals surface area (Å²) >= 11 is 5.48. The molecule has 0 atom stereocenters. The number of aromatic hydroxyl groups is 2. The van der Waals surface area contributed by atoms with Crippen molar-refractivity contribution in [3.63, 3.8) is 0 Å². The maximum absolute atomic E-state index is 11.1. The van der Waals surface area contributed by atoms with Crippen molar-refractivity contribution in [1.29, 1.82) is 0 Å². The molecule has 1 aliphatic rings. The number of hydrogen-bond acceptors (Lipinski definition) is 5. The van der Waals surface area contributed by atoms with Gasteiger partial charge in [-0.2, -0.15) is 0 Å². The molecule has 2 aromatic rings. The zero-order valence-corrected chi connectivity index (χ0v) is 11.9. The van der Waals surface area contributed by atoms with E-state index >= 15 is 0 Å². The molecule has 1 aromatic carbocycles. The molecule has 2 N–H and O–H groups in total. The molecule has 1 fully saturated rings. The lowest BCUT2D eigenvalue weighted by atomic mass is 9.91. The number of likely N-dealkylation sites (tertiary alicyclic amines) is 1. The van der Waals surface area contributed by atoms with Gasteiger partial charge in [0.1, 0.15) is 6.33 Å². The van der Waals surface area contributed by atoms with Crippen LogP contribution < -0.4 is 0 Å². The van der Waals surface area contributed by atoms with Gasteiger partial charge in [-0.15, -0.1) is 0 Å². The maximum Gasteiger partial charge on any atom is 0.316 e. The van der Waals surface area contributed by atoms with Crippen LogP contribution in [0.1, 0.15) is 24.5 Å². The summed E-state index contributed by atoms with van der Waals surface area (Å²) in [7, 11) is 0. The van der Waals surface area contributed by atoms with Gasteiger partial charge in [0.25, 0.3) is 0 Å². The number of aromatic nitrogens is 2. The Morgan fingerprint density at radius 2 is 1.86 bits per heavy atom. The lowest BCUT2D eigenvalue weighted by Gasteiger charge is -2.30. The third kappa shape index (κ3) is 2.58. The fourth-order valence-electron chi connectivity index (χ4n) is 2.75. The van der Waals surface area contributed by atoms with Crippen molar-refractivity contribution in [2.75, 3.05) is 13.1 Å². The molecule has 0 bridgehead atoms. The van der Waals surface area contributed by atoms with Crippen molar-refractivity contribution in [3.8, 4) is 11.5 Å². The van der Waals surface area contributed by atoms with Crippen LogP contribution >= 0.6 is 11.6 Å². The van der Waals surface area contributed by atoms with Crippen molar-refractivity contribution in [3.05, 3.63) is 24.2 Å². The molecule has 1 aliphatic heterocycles. The first kappa shape index (κ1) is 13.9. The third-order valence-corrected chi connectivity index (χ3v) is 4.13. The zero-order chi connectivity index (χ0) is 15.0. The Labute approximate surface area is 126 Å². The Kier molecular flexibility index (Phi) is 3.55. The summed E-state index contributed by atoms with van der Waals surface area (Å²) in [5, 5.41) is 19.5. The first-order valence-corrected chi connectivity index (χ1v) is 7.05. The number of phenols is 2. The predicted molar refractivity (Wildman–Crippen MR) is 77.7 cm³/mol. The van der Waals surface area contributed by atoms with Crippen LogP contribution in [0, 0.1) is 0 Å². The molecule has 21 heavy (non-hydrogen) atoms. The highest BCUT2D eigenvalue weighted by atomic mass is 35.5. The Hall–Kier alpha value is -2.08. The number of fused-ring (bicyclic) bond motifs is 1. The van der Waals surface area contributed by atoms with Gasteiger partial charge in [-0.05, 0) is 30.5 Å². The van der Waals surface area contributed by atoms with Crippen LogP contribution in [0.4, 0.5) is 4.79 Å². The number of halogens is 1. The Morgan fingerprint density at radius 3 is 2.52 bits per heavy atom. The molecule has 110 valence electrons. The van der Waals surface area contributed by atoms with Crippen LogP contribution in [0.2, 0.25) is 0 Å². The van der Waals surface area contributed by atoms with Crippen LogP contribution in [-0.4, -0.2) is 43.5 Å². The lowest BCUT2D eigenvalue weighted by molar-refractivity contribution is 0.204. The van der Waals surface area contributed by atoms with E-state index in [1.54, 1.807) is 4.90 Å². The molecule has 1 amide bonds. The van der Waals surface area contributed by atoms with Gasteiger partial charge < -0.3 is 15.1 Å². The van der Waals surface area contributed by atoms with Gasteiger partial charge in [-0.1, -0.05) is 0 Å². The minimum absolute atomic E-state index is 0.173. The van der Waals surface area contributed by atoms with Crippen molar-refractivity contribution in [2.45, 2.75) is 18.8 Å². The summed E-state index contributed by atoms with van der Waals surface area (Å²) in [5.74, 6) is -0.215. The molecule has 0 spiro atoms. The second-order valence-corrected chi connectivity index (χ2v) is 5.45. The summed E-state index contributed by atoms with van der Waals surface area (Å²) in [6.07, 6.45) is 2.96. The third-order valence-electron chi connectivity index (χ3n) is 3.89. The number of phenolic OH excluding ortho intramolecular Hbond substituents is 2. The average molecular weight is 308 g/mol. The molecule has 3 rings (SSSR count). The second kappa shape index (κ2) is 5.37. The number of carbonyl (C=O) groups is 1. The number of hydrogen-bond donors (Lipinski definition) is 2. The fraction of sp³-hybridized carbons (Fsp3) is 0.357. The molecule has 0 radical (unpaired) electrons. The Bertz CT molecular complexity index is 699. The predicted octanol–water partition coefficient (Wildman–Crippen LogP) is 2.58. The molecule has 1 saturated heterocycles. The van der Waals surface area contributed by atoms with Crippen molar-refractivity contribution >= 4 is 27.9 Å². The molecule has 1 aromatic heterocycles. The van der Waals surface area contributed by atoms with E-state index in [1.807, 2.05) is 0 Å². The minimum atomic E-state index is -0.427. The number of amides is 1. The highest BCUT2D eigenvalue weighted by molar-refractivity contribution is 6.62. The number of nitrogens with zero attached hydrogens (tertiary/aromatic N) is 3. The largest absolute Gasteiger partial charge is 0.504 e. The van der Waals surface area contributed by atoms with E-state index < -0.39 is 5.37 Å². The summed E-state index contributed by atoms with van der Waals surface area (Å²) in [4.78, 5) is 21.2.